The Labute approximate surface area is 118 Å². The number of amides is 1. The number of ether oxygens (including phenoxy) is 1. The van der Waals surface area contributed by atoms with Gasteiger partial charge in [0.2, 0.25) is 5.91 Å². The summed E-state index contributed by atoms with van der Waals surface area (Å²) in [6, 6.07) is 10.9. The molecule has 1 aromatic carbocycles. The van der Waals surface area contributed by atoms with Crippen molar-refractivity contribution in [3.05, 3.63) is 29.8 Å². The molecule has 5 heteroatoms. The SMILES string of the molecule is CC(C)(C#N)C(=O)N1CC(Oc2ccc(C#N)cc2)C1. The van der Waals surface area contributed by atoms with Gasteiger partial charge in [-0.15, -0.1) is 0 Å². The van der Waals surface area contributed by atoms with Crippen LogP contribution in [0, 0.1) is 28.1 Å². The Balaban J connectivity index is 1.87. The number of hydrogen-bond acceptors (Lipinski definition) is 4. The quantitative estimate of drug-likeness (QED) is 0.836. The summed E-state index contributed by atoms with van der Waals surface area (Å²) in [5.41, 5.74) is -0.405. The van der Waals surface area contributed by atoms with Crippen LogP contribution in [-0.2, 0) is 4.79 Å². The van der Waals surface area contributed by atoms with Crippen LogP contribution in [0.1, 0.15) is 19.4 Å². The van der Waals surface area contributed by atoms with Crippen LogP contribution in [0.4, 0.5) is 0 Å². The van der Waals surface area contributed by atoms with Crippen LogP contribution < -0.4 is 4.74 Å². The van der Waals surface area contributed by atoms with Gasteiger partial charge in [-0.05, 0) is 38.1 Å². The zero-order valence-corrected chi connectivity index (χ0v) is 11.5. The van der Waals surface area contributed by atoms with E-state index in [2.05, 4.69) is 0 Å². The van der Waals surface area contributed by atoms with Crippen molar-refractivity contribution in [2.24, 2.45) is 5.41 Å². The van der Waals surface area contributed by atoms with E-state index in [0.717, 1.165) is 0 Å². The lowest BCUT2D eigenvalue weighted by atomic mass is 9.92. The number of hydrogen-bond donors (Lipinski definition) is 0. The second kappa shape index (κ2) is 5.22. The first-order chi connectivity index (χ1) is 9.46. The molecule has 0 radical (unpaired) electrons. The average Bonchev–Trinajstić information content (AvgIpc) is 2.42. The molecule has 1 aliphatic heterocycles. The normalized spacial score (nSPS) is 14.9. The van der Waals surface area contributed by atoms with E-state index in [0.29, 0.717) is 24.4 Å². The van der Waals surface area contributed by atoms with E-state index >= 15 is 0 Å². The molecule has 0 unspecified atom stereocenters. The number of carbonyl (C=O) groups is 1. The molecule has 0 atom stereocenters. The molecule has 0 spiro atoms. The fourth-order valence-corrected chi connectivity index (χ4v) is 1.92. The highest BCUT2D eigenvalue weighted by Crippen LogP contribution is 2.24. The second-order valence-corrected chi connectivity index (χ2v) is 5.32. The molecule has 0 bridgehead atoms. The Morgan fingerprint density at radius 2 is 1.90 bits per heavy atom. The summed E-state index contributed by atoms with van der Waals surface area (Å²) in [7, 11) is 0. The van der Waals surface area contributed by atoms with Crippen LogP contribution in [0.25, 0.3) is 0 Å². The van der Waals surface area contributed by atoms with E-state index in [-0.39, 0.29) is 12.0 Å². The maximum Gasteiger partial charge on any atom is 0.242 e. The molecule has 0 saturated carbocycles. The molecule has 0 aliphatic carbocycles. The summed E-state index contributed by atoms with van der Waals surface area (Å²) in [5, 5.41) is 17.6. The molecule has 102 valence electrons. The first kappa shape index (κ1) is 13.9. The van der Waals surface area contributed by atoms with Gasteiger partial charge in [0.05, 0.1) is 30.8 Å². The van der Waals surface area contributed by atoms with E-state index in [4.69, 9.17) is 15.3 Å². The van der Waals surface area contributed by atoms with Crippen molar-refractivity contribution in [2.75, 3.05) is 13.1 Å². The van der Waals surface area contributed by atoms with E-state index in [1.54, 1.807) is 43.0 Å². The maximum atomic E-state index is 12.0. The van der Waals surface area contributed by atoms with Crippen molar-refractivity contribution in [3.63, 3.8) is 0 Å². The summed E-state index contributed by atoms with van der Waals surface area (Å²) in [6.45, 7) is 4.21. The van der Waals surface area contributed by atoms with Crippen molar-refractivity contribution in [1.82, 2.24) is 4.90 Å². The Bertz CT molecular complexity index is 587. The highest BCUT2D eigenvalue weighted by molar-refractivity contribution is 5.85. The predicted octanol–water partition coefficient (Wildman–Crippen LogP) is 1.70. The third-order valence-corrected chi connectivity index (χ3v) is 3.24. The monoisotopic (exact) mass is 269 g/mol. The smallest absolute Gasteiger partial charge is 0.242 e. The van der Waals surface area contributed by atoms with Gasteiger partial charge in [0.15, 0.2) is 0 Å². The number of likely N-dealkylation sites (tertiary alicyclic amines) is 1. The molecular weight excluding hydrogens is 254 g/mol. The fraction of sp³-hybridized carbons (Fsp3) is 0.400. The molecule has 1 aromatic rings. The molecule has 2 rings (SSSR count). The van der Waals surface area contributed by atoms with Gasteiger partial charge in [-0.2, -0.15) is 10.5 Å². The molecule has 0 N–H and O–H groups in total. The molecule has 1 fully saturated rings. The van der Waals surface area contributed by atoms with Crippen LogP contribution in [0.5, 0.6) is 5.75 Å². The zero-order valence-electron chi connectivity index (χ0n) is 11.5. The molecule has 1 saturated heterocycles. The number of rotatable bonds is 3. The van der Waals surface area contributed by atoms with Crippen molar-refractivity contribution >= 4 is 5.91 Å². The van der Waals surface area contributed by atoms with Gasteiger partial charge in [-0.3, -0.25) is 4.79 Å². The Morgan fingerprint density at radius 1 is 1.30 bits per heavy atom. The predicted molar refractivity (Wildman–Crippen MR) is 71.5 cm³/mol. The topological polar surface area (TPSA) is 77.1 Å². The average molecular weight is 269 g/mol. The molecule has 20 heavy (non-hydrogen) atoms. The summed E-state index contributed by atoms with van der Waals surface area (Å²) >= 11 is 0. The fourth-order valence-electron chi connectivity index (χ4n) is 1.92. The van der Waals surface area contributed by atoms with Gasteiger partial charge in [-0.1, -0.05) is 0 Å². The number of nitrogens with zero attached hydrogens (tertiary/aromatic N) is 3. The van der Waals surface area contributed by atoms with Crippen molar-refractivity contribution in [2.45, 2.75) is 20.0 Å². The van der Waals surface area contributed by atoms with Gasteiger partial charge in [0.1, 0.15) is 17.3 Å². The minimum Gasteiger partial charge on any atom is -0.487 e. The van der Waals surface area contributed by atoms with Gasteiger partial charge in [-0.25, -0.2) is 0 Å². The largest absolute Gasteiger partial charge is 0.487 e. The van der Waals surface area contributed by atoms with Gasteiger partial charge in [0.25, 0.3) is 0 Å². The number of benzene rings is 1. The zero-order chi connectivity index (χ0) is 14.8. The molecule has 1 amide bonds. The van der Waals surface area contributed by atoms with E-state index < -0.39 is 5.41 Å². The lowest BCUT2D eigenvalue weighted by molar-refractivity contribution is -0.146. The maximum absolute atomic E-state index is 12.0. The minimum absolute atomic E-state index is 0.0543. The third kappa shape index (κ3) is 2.73. The van der Waals surface area contributed by atoms with E-state index in [9.17, 15) is 4.79 Å². The van der Waals surface area contributed by atoms with E-state index in [1.807, 2.05) is 12.1 Å². The molecule has 1 aliphatic rings. The van der Waals surface area contributed by atoms with Gasteiger partial charge >= 0.3 is 0 Å². The van der Waals surface area contributed by atoms with Crippen LogP contribution in [0.15, 0.2) is 24.3 Å². The van der Waals surface area contributed by atoms with Crippen LogP contribution in [-0.4, -0.2) is 30.0 Å². The summed E-state index contributed by atoms with van der Waals surface area (Å²) in [4.78, 5) is 13.6. The first-order valence-corrected chi connectivity index (χ1v) is 6.34. The highest BCUT2D eigenvalue weighted by Gasteiger charge is 2.39. The van der Waals surface area contributed by atoms with E-state index in [1.165, 1.54) is 0 Å². The third-order valence-electron chi connectivity index (χ3n) is 3.24. The molecule has 0 aromatic heterocycles. The van der Waals surface area contributed by atoms with Crippen molar-refractivity contribution in [1.29, 1.82) is 10.5 Å². The van der Waals surface area contributed by atoms with Crippen LogP contribution in [0.3, 0.4) is 0 Å². The summed E-state index contributed by atoms with van der Waals surface area (Å²) in [5.74, 6) is 0.514. The Kier molecular flexibility index (Phi) is 3.63. The first-order valence-electron chi connectivity index (χ1n) is 6.34. The lowest BCUT2D eigenvalue weighted by Gasteiger charge is -2.41. The lowest BCUT2D eigenvalue weighted by Crippen LogP contribution is -2.58. The summed E-state index contributed by atoms with van der Waals surface area (Å²) in [6.07, 6.45) is -0.0543. The van der Waals surface area contributed by atoms with Crippen LogP contribution in [0.2, 0.25) is 0 Å². The second-order valence-electron chi connectivity index (χ2n) is 5.32. The Hall–Kier alpha value is -2.53. The highest BCUT2D eigenvalue weighted by atomic mass is 16.5. The minimum atomic E-state index is -0.987. The summed E-state index contributed by atoms with van der Waals surface area (Å²) < 4.78 is 5.69. The van der Waals surface area contributed by atoms with Gasteiger partial charge < -0.3 is 9.64 Å². The Morgan fingerprint density at radius 3 is 2.40 bits per heavy atom. The van der Waals surface area contributed by atoms with Crippen LogP contribution >= 0.6 is 0 Å². The van der Waals surface area contributed by atoms with Crippen molar-refractivity contribution < 1.29 is 9.53 Å². The number of nitriles is 2. The molecule has 5 nitrogen and oxygen atoms in total. The van der Waals surface area contributed by atoms with Gasteiger partial charge in [0, 0.05) is 0 Å². The molecule has 1 heterocycles. The number of carbonyl (C=O) groups excluding carboxylic acids is 1. The van der Waals surface area contributed by atoms with Crippen molar-refractivity contribution in [3.8, 4) is 17.9 Å². The standard InChI is InChI=1S/C15H15N3O2/c1-15(2,10-17)14(19)18-8-13(9-18)20-12-5-3-11(7-16)4-6-12/h3-6,13H,8-9H2,1-2H3. The molecular formula is C15H15N3O2.